The van der Waals surface area contributed by atoms with E-state index >= 15 is 0 Å². The number of nitrogens with zero attached hydrogens (tertiary/aromatic N) is 2. The Labute approximate surface area is 120 Å². The predicted octanol–water partition coefficient (Wildman–Crippen LogP) is 2.08. The topological polar surface area (TPSA) is 66.9 Å². The monoisotopic (exact) mass is 294 g/mol. The Kier molecular flexibility index (Phi) is 5.00. The summed E-state index contributed by atoms with van der Waals surface area (Å²) >= 11 is 1.50. The Balaban J connectivity index is 1.96. The maximum Gasteiger partial charge on any atom is 0.254 e. The number of rotatable bonds is 6. The molecule has 2 N–H and O–H groups in total. The average molecular weight is 294 g/mol. The summed E-state index contributed by atoms with van der Waals surface area (Å²) in [6.45, 7) is 2.79. The van der Waals surface area contributed by atoms with Crippen LogP contribution in [0.15, 0.2) is 23.2 Å². The normalized spacial score (nSPS) is 10.3. The van der Waals surface area contributed by atoms with Gasteiger partial charge in [-0.2, -0.15) is 0 Å². The third-order valence-electron chi connectivity index (χ3n) is 2.63. The number of halogens is 1. The molecule has 0 saturated carbocycles. The van der Waals surface area contributed by atoms with Gasteiger partial charge >= 0.3 is 0 Å². The molecule has 0 fully saturated rings. The van der Waals surface area contributed by atoms with Gasteiger partial charge in [0.05, 0.1) is 16.8 Å². The van der Waals surface area contributed by atoms with E-state index < -0.39 is 11.7 Å². The van der Waals surface area contributed by atoms with Crippen molar-refractivity contribution < 1.29 is 9.18 Å². The Morgan fingerprint density at radius 3 is 3.00 bits per heavy atom. The molecule has 2 rings (SSSR count). The van der Waals surface area contributed by atoms with Gasteiger partial charge in [-0.25, -0.2) is 14.4 Å². The van der Waals surface area contributed by atoms with Gasteiger partial charge in [0, 0.05) is 31.1 Å². The van der Waals surface area contributed by atoms with Crippen molar-refractivity contribution >= 4 is 23.1 Å². The molecule has 2 aromatic heterocycles. The van der Waals surface area contributed by atoms with Gasteiger partial charge < -0.3 is 10.6 Å². The molecule has 0 atom stereocenters. The molecular weight excluding hydrogens is 279 g/mol. The molecule has 0 aliphatic carbocycles. The zero-order valence-electron chi connectivity index (χ0n) is 11.0. The molecule has 0 radical (unpaired) electrons. The number of hydrogen-bond donors (Lipinski definition) is 2. The van der Waals surface area contributed by atoms with Crippen molar-refractivity contribution in [2.75, 3.05) is 18.4 Å². The molecule has 0 spiro atoms. The van der Waals surface area contributed by atoms with E-state index in [-0.39, 0.29) is 11.4 Å². The first kappa shape index (κ1) is 14.4. The maximum absolute atomic E-state index is 14.0. The first-order chi connectivity index (χ1) is 9.72. The van der Waals surface area contributed by atoms with Crippen molar-refractivity contribution in [1.29, 1.82) is 0 Å². The summed E-state index contributed by atoms with van der Waals surface area (Å²) in [5, 5.41) is 7.37. The van der Waals surface area contributed by atoms with Crippen molar-refractivity contribution in [3.8, 4) is 0 Å². The highest BCUT2D eigenvalue weighted by atomic mass is 32.1. The number of amides is 1. The molecular formula is C13H15FN4OS. The summed E-state index contributed by atoms with van der Waals surface area (Å²) in [6, 6.07) is 1.37. The number of thiazole rings is 1. The molecule has 0 unspecified atom stereocenters. The standard InChI is InChI=1S/C13H15FN4OS/c1-2-15-12-11(14)10(4-6-16-12)13(19)17-5-3-9-7-20-8-18-9/h4,6-8H,2-3,5H2,1H3,(H,15,16)(H,17,19). The van der Waals surface area contributed by atoms with Gasteiger partial charge in [-0.05, 0) is 13.0 Å². The highest BCUT2D eigenvalue weighted by molar-refractivity contribution is 7.07. The fourth-order valence-corrected chi connectivity index (χ4v) is 2.26. The van der Waals surface area contributed by atoms with Crippen LogP contribution in [0.2, 0.25) is 0 Å². The highest BCUT2D eigenvalue weighted by Gasteiger charge is 2.15. The van der Waals surface area contributed by atoms with Crippen LogP contribution in [-0.2, 0) is 6.42 Å². The zero-order valence-corrected chi connectivity index (χ0v) is 11.8. The fourth-order valence-electron chi connectivity index (χ4n) is 1.67. The number of carbonyl (C=O) groups is 1. The van der Waals surface area contributed by atoms with Gasteiger partial charge in [0.2, 0.25) is 0 Å². The first-order valence-corrected chi connectivity index (χ1v) is 7.20. The summed E-state index contributed by atoms with van der Waals surface area (Å²) in [4.78, 5) is 19.9. The van der Waals surface area contributed by atoms with Crippen LogP contribution in [-0.4, -0.2) is 29.0 Å². The molecule has 0 aliphatic rings. The molecule has 20 heavy (non-hydrogen) atoms. The molecule has 106 valence electrons. The van der Waals surface area contributed by atoms with Gasteiger partial charge in [0.25, 0.3) is 5.91 Å². The van der Waals surface area contributed by atoms with Gasteiger partial charge in [-0.1, -0.05) is 0 Å². The fraction of sp³-hybridized carbons (Fsp3) is 0.308. The van der Waals surface area contributed by atoms with Crippen LogP contribution in [0.5, 0.6) is 0 Å². The van der Waals surface area contributed by atoms with Crippen molar-refractivity contribution in [2.45, 2.75) is 13.3 Å². The summed E-state index contributed by atoms with van der Waals surface area (Å²) in [5.74, 6) is -0.973. The minimum Gasteiger partial charge on any atom is -0.368 e. The van der Waals surface area contributed by atoms with E-state index in [9.17, 15) is 9.18 Å². The highest BCUT2D eigenvalue weighted by Crippen LogP contribution is 2.14. The number of hydrogen-bond acceptors (Lipinski definition) is 5. The molecule has 2 heterocycles. The third kappa shape index (κ3) is 3.51. The number of carbonyl (C=O) groups excluding carboxylic acids is 1. The molecule has 0 aromatic carbocycles. The predicted molar refractivity (Wildman–Crippen MR) is 76.5 cm³/mol. The van der Waals surface area contributed by atoms with Crippen molar-refractivity contribution in [3.05, 3.63) is 40.2 Å². The van der Waals surface area contributed by atoms with Gasteiger partial charge in [-0.15, -0.1) is 11.3 Å². The summed E-state index contributed by atoms with van der Waals surface area (Å²) in [5.41, 5.74) is 2.65. The second kappa shape index (κ2) is 6.95. The van der Waals surface area contributed by atoms with Gasteiger partial charge in [0.1, 0.15) is 0 Å². The van der Waals surface area contributed by atoms with Gasteiger partial charge in [-0.3, -0.25) is 4.79 Å². The lowest BCUT2D eigenvalue weighted by Crippen LogP contribution is -2.27. The Morgan fingerprint density at radius 2 is 2.30 bits per heavy atom. The maximum atomic E-state index is 14.0. The molecule has 0 aliphatic heterocycles. The molecule has 7 heteroatoms. The third-order valence-corrected chi connectivity index (χ3v) is 3.26. The Hall–Kier alpha value is -2.02. The number of aromatic nitrogens is 2. The second-order valence-electron chi connectivity index (χ2n) is 4.04. The average Bonchev–Trinajstić information content (AvgIpc) is 2.94. The summed E-state index contributed by atoms with van der Waals surface area (Å²) in [6.07, 6.45) is 2.04. The van der Waals surface area contributed by atoms with Crippen molar-refractivity contribution in [1.82, 2.24) is 15.3 Å². The van der Waals surface area contributed by atoms with Gasteiger partial charge in [0.15, 0.2) is 11.6 Å². The van der Waals surface area contributed by atoms with E-state index in [2.05, 4.69) is 20.6 Å². The lowest BCUT2D eigenvalue weighted by atomic mass is 10.2. The lowest BCUT2D eigenvalue weighted by Gasteiger charge is -2.08. The summed E-state index contributed by atoms with van der Waals surface area (Å²) in [7, 11) is 0. The number of nitrogens with one attached hydrogen (secondary N) is 2. The van der Waals surface area contributed by atoms with E-state index in [4.69, 9.17) is 0 Å². The van der Waals surface area contributed by atoms with Crippen LogP contribution in [0.1, 0.15) is 23.0 Å². The van der Waals surface area contributed by atoms with Crippen LogP contribution in [0, 0.1) is 5.82 Å². The quantitative estimate of drug-likeness (QED) is 0.856. The number of pyridine rings is 1. The second-order valence-corrected chi connectivity index (χ2v) is 4.76. The Bertz CT molecular complexity index is 574. The van der Waals surface area contributed by atoms with E-state index in [0.717, 1.165) is 5.69 Å². The SMILES string of the molecule is CCNc1nccc(C(=O)NCCc2cscn2)c1F. The molecule has 2 aromatic rings. The minimum atomic E-state index is -0.625. The largest absolute Gasteiger partial charge is 0.368 e. The molecule has 0 bridgehead atoms. The van der Waals surface area contributed by atoms with Crippen LogP contribution >= 0.6 is 11.3 Å². The van der Waals surface area contributed by atoms with Crippen LogP contribution in [0.25, 0.3) is 0 Å². The van der Waals surface area contributed by atoms with Crippen LogP contribution in [0.4, 0.5) is 10.2 Å². The lowest BCUT2D eigenvalue weighted by molar-refractivity contribution is 0.0950. The van der Waals surface area contributed by atoms with E-state index in [0.29, 0.717) is 19.5 Å². The van der Waals surface area contributed by atoms with Crippen LogP contribution in [0.3, 0.4) is 0 Å². The molecule has 1 amide bonds. The smallest absolute Gasteiger partial charge is 0.254 e. The minimum absolute atomic E-state index is 0.00534. The molecule has 5 nitrogen and oxygen atoms in total. The van der Waals surface area contributed by atoms with E-state index in [1.807, 2.05) is 12.3 Å². The van der Waals surface area contributed by atoms with Crippen LogP contribution < -0.4 is 10.6 Å². The summed E-state index contributed by atoms with van der Waals surface area (Å²) < 4.78 is 14.0. The van der Waals surface area contributed by atoms with Crippen molar-refractivity contribution in [2.24, 2.45) is 0 Å². The van der Waals surface area contributed by atoms with E-state index in [1.54, 1.807) is 5.51 Å². The Morgan fingerprint density at radius 1 is 1.45 bits per heavy atom. The van der Waals surface area contributed by atoms with Crippen molar-refractivity contribution in [3.63, 3.8) is 0 Å². The van der Waals surface area contributed by atoms with E-state index in [1.165, 1.54) is 23.6 Å². The zero-order chi connectivity index (χ0) is 14.4. The molecule has 0 saturated heterocycles. The number of anilines is 1. The first-order valence-electron chi connectivity index (χ1n) is 6.26.